The summed E-state index contributed by atoms with van der Waals surface area (Å²) in [7, 11) is 4.91. The first-order valence-electron chi connectivity index (χ1n) is 11.0. The molecule has 0 amide bonds. The number of ether oxygens (including phenoxy) is 3. The van der Waals surface area contributed by atoms with Crippen molar-refractivity contribution in [3.8, 4) is 17.2 Å². The fraction of sp³-hybridized carbons (Fsp3) is 0.591. The quantitative estimate of drug-likeness (QED) is 0.278. The number of hydrogen-bond donors (Lipinski definition) is 1. The third-order valence-electron chi connectivity index (χ3n) is 5.54. The van der Waals surface area contributed by atoms with Crippen LogP contribution < -0.4 is 19.5 Å². The Morgan fingerprint density at radius 3 is 2.24 bits per heavy atom. The van der Waals surface area contributed by atoms with Gasteiger partial charge in [-0.15, -0.1) is 34.2 Å². The molecule has 0 saturated carbocycles. The number of aliphatic imine (C=N–C) groups is 1. The summed E-state index contributed by atoms with van der Waals surface area (Å²) in [6, 6.07) is 4.03. The Morgan fingerprint density at radius 1 is 1.03 bits per heavy atom. The highest BCUT2D eigenvalue weighted by molar-refractivity contribution is 14.0. The molecule has 2 heterocycles. The third-order valence-corrected chi connectivity index (χ3v) is 5.54. The molecule has 33 heavy (non-hydrogen) atoms. The average molecular weight is 573 g/mol. The van der Waals surface area contributed by atoms with E-state index in [2.05, 4.69) is 39.2 Å². The van der Waals surface area contributed by atoms with Crippen LogP contribution in [0.15, 0.2) is 23.5 Å². The van der Waals surface area contributed by atoms with Crippen LogP contribution in [0, 0.1) is 0 Å². The Morgan fingerprint density at radius 2 is 1.70 bits per heavy atom. The standard InChI is InChI=1S/C22H35N7O3.HI/c1-6-23-22(24-14-20-26-25-16-28(20)7-2)29-10-8-27(9-11-29)15-17-12-18(30-3)21(32-5)19(13-17)31-4;/h12-13,16H,6-11,14-15H2,1-5H3,(H,23,24);1H. The van der Waals surface area contributed by atoms with Gasteiger partial charge in [0.05, 0.1) is 21.3 Å². The van der Waals surface area contributed by atoms with Gasteiger partial charge in [0.2, 0.25) is 5.75 Å². The van der Waals surface area contributed by atoms with Crippen LogP contribution in [0.5, 0.6) is 17.2 Å². The van der Waals surface area contributed by atoms with Gasteiger partial charge in [0.25, 0.3) is 0 Å². The third kappa shape index (κ3) is 6.85. The Hall–Kier alpha value is -2.28. The molecule has 1 aliphatic rings. The molecule has 1 aromatic heterocycles. The van der Waals surface area contributed by atoms with Crippen molar-refractivity contribution in [3.63, 3.8) is 0 Å². The van der Waals surface area contributed by atoms with Crippen LogP contribution in [0.1, 0.15) is 25.2 Å². The maximum Gasteiger partial charge on any atom is 0.203 e. The van der Waals surface area contributed by atoms with Gasteiger partial charge in [-0.3, -0.25) is 4.90 Å². The summed E-state index contributed by atoms with van der Waals surface area (Å²) in [6.45, 7) is 10.8. The minimum Gasteiger partial charge on any atom is -0.493 e. The fourth-order valence-electron chi connectivity index (χ4n) is 3.84. The van der Waals surface area contributed by atoms with Crippen LogP contribution >= 0.6 is 24.0 Å². The van der Waals surface area contributed by atoms with Crippen LogP contribution in [0.25, 0.3) is 0 Å². The molecule has 1 fully saturated rings. The lowest BCUT2D eigenvalue weighted by Gasteiger charge is -2.36. The number of aromatic nitrogens is 3. The highest BCUT2D eigenvalue weighted by Crippen LogP contribution is 2.38. The normalized spacial score (nSPS) is 14.6. The van der Waals surface area contributed by atoms with E-state index < -0.39 is 0 Å². The lowest BCUT2D eigenvalue weighted by molar-refractivity contribution is 0.172. The number of nitrogens with one attached hydrogen (secondary N) is 1. The average Bonchev–Trinajstić information content (AvgIpc) is 3.29. The predicted octanol–water partition coefficient (Wildman–Crippen LogP) is 2.23. The second-order valence-electron chi connectivity index (χ2n) is 7.50. The van der Waals surface area contributed by atoms with Gasteiger partial charge in [-0.1, -0.05) is 0 Å². The van der Waals surface area contributed by atoms with Crippen molar-refractivity contribution < 1.29 is 14.2 Å². The van der Waals surface area contributed by atoms with Crippen LogP contribution in [-0.2, 0) is 19.6 Å². The Bertz CT molecular complexity index is 873. The van der Waals surface area contributed by atoms with Gasteiger partial charge in [-0.25, -0.2) is 4.99 Å². The Balaban J connectivity index is 0.00000385. The summed E-state index contributed by atoms with van der Waals surface area (Å²) in [5.41, 5.74) is 1.13. The SMILES string of the molecule is CCNC(=NCc1nncn1CC)N1CCN(Cc2cc(OC)c(OC)c(OC)c2)CC1.I. The minimum atomic E-state index is 0. The van der Waals surface area contributed by atoms with Gasteiger partial charge in [0, 0.05) is 45.8 Å². The highest BCUT2D eigenvalue weighted by Gasteiger charge is 2.21. The van der Waals surface area contributed by atoms with E-state index in [0.29, 0.717) is 23.8 Å². The molecule has 0 atom stereocenters. The van der Waals surface area contributed by atoms with E-state index in [0.717, 1.165) is 63.2 Å². The lowest BCUT2D eigenvalue weighted by atomic mass is 10.1. The number of piperazine rings is 1. The number of aryl methyl sites for hydroxylation is 1. The van der Waals surface area contributed by atoms with Crippen molar-refractivity contribution in [2.45, 2.75) is 33.5 Å². The van der Waals surface area contributed by atoms with Crippen molar-refractivity contribution in [1.29, 1.82) is 0 Å². The van der Waals surface area contributed by atoms with Crippen LogP contribution in [-0.4, -0.2) is 84.6 Å². The second kappa shape index (κ2) is 13.4. The zero-order valence-corrected chi connectivity index (χ0v) is 22.5. The molecule has 10 nitrogen and oxygen atoms in total. The van der Waals surface area contributed by atoms with Crippen molar-refractivity contribution in [1.82, 2.24) is 29.9 Å². The molecule has 1 aromatic carbocycles. The van der Waals surface area contributed by atoms with Crippen molar-refractivity contribution in [2.75, 3.05) is 54.1 Å². The predicted molar refractivity (Wildman–Crippen MR) is 139 cm³/mol. The smallest absolute Gasteiger partial charge is 0.203 e. The number of nitrogens with zero attached hydrogens (tertiary/aromatic N) is 6. The van der Waals surface area contributed by atoms with Gasteiger partial charge in [0.15, 0.2) is 23.3 Å². The largest absolute Gasteiger partial charge is 0.493 e. The molecule has 11 heteroatoms. The number of hydrogen-bond acceptors (Lipinski definition) is 7. The fourth-order valence-corrected chi connectivity index (χ4v) is 3.84. The summed E-state index contributed by atoms with van der Waals surface area (Å²) in [5, 5.41) is 11.6. The van der Waals surface area contributed by atoms with E-state index in [9.17, 15) is 0 Å². The van der Waals surface area contributed by atoms with Gasteiger partial charge in [-0.2, -0.15) is 0 Å². The highest BCUT2D eigenvalue weighted by atomic mass is 127. The van der Waals surface area contributed by atoms with E-state index in [1.165, 1.54) is 0 Å². The van der Waals surface area contributed by atoms with Gasteiger partial charge >= 0.3 is 0 Å². The monoisotopic (exact) mass is 573 g/mol. The molecule has 0 spiro atoms. The summed E-state index contributed by atoms with van der Waals surface area (Å²) in [5.74, 6) is 3.78. The number of halogens is 1. The number of methoxy groups -OCH3 is 3. The molecule has 0 radical (unpaired) electrons. The zero-order chi connectivity index (χ0) is 22.9. The van der Waals surface area contributed by atoms with Crippen molar-refractivity contribution in [2.24, 2.45) is 4.99 Å². The second-order valence-corrected chi connectivity index (χ2v) is 7.50. The maximum atomic E-state index is 5.49. The van der Waals surface area contributed by atoms with Crippen LogP contribution in [0.2, 0.25) is 0 Å². The molecular formula is C22H36IN7O3. The molecule has 3 rings (SSSR count). The van der Waals surface area contributed by atoms with Gasteiger partial charge in [0.1, 0.15) is 12.9 Å². The molecule has 184 valence electrons. The molecule has 1 saturated heterocycles. The zero-order valence-electron chi connectivity index (χ0n) is 20.2. The Kier molecular flexibility index (Phi) is 11.0. The summed E-state index contributed by atoms with van der Waals surface area (Å²) in [6.07, 6.45) is 1.75. The molecule has 0 unspecified atom stereocenters. The van der Waals surface area contributed by atoms with E-state index in [4.69, 9.17) is 19.2 Å². The number of guanidine groups is 1. The molecule has 1 aliphatic heterocycles. The molecule has 0 bridgehead atoms. The number of rotatable bonds is 9. The molecule has 2 aromatic rings. The molecular weight excluding hydrogens is 537 g/mol. The topological polar surface area (TPSA) is 89.3 Å². The first kappa shape index (κ1) is 27.0. The summed E-state index contributed by atoms with van der Waals surface area (Å²) in [4.78, 5) is 9.54. The minimum absolute atomic E-state index is 0. The van der Waals surface area contributed by atoms with Crippen molar-refractivity contribution in [3.05, 3.63) is 29.8 Å². The van der Waals surface area contributed by atoms with E-state index >= 15 is 0 Å². The van der Waals surface area contributed by atoms with Crippen molar-refractivity contribution >= 4 is 29.9 Å². The van der Waals surface area contributed by atoms with E-state index in [1.54, 1.807) is 27.7 Å². The van der Waals surface area contributed by atoms with Gasteiger partial charge < -0.3 is 29.0 Å². The summed E-state index contributed by atoms with van der Waals surface area (Å²) < 4.78 is 18.4. The first-order chi connectivity index (χ1) is 15.6. The van der Waals surface area contributed by atoms with Crippen LogP contribution in [0.3, 0.4) is 0 Å². The number of benzene rings is 1. The first-order valence-corrected chi connectivity index (χ1v) is 11.0. The molecule has 0 aliphatic carbocycles. The summed E-state index contributed by atoms with van der Waals surface area (Å²) >= 11 is 0. The van der Waals surface area contributed by atoms with Crippen LogP contribution in [0.4, 0.5) is 0 Å². The van der Waals surface area contributed by atoms with E-state index in [-0.39, 0.29) is 24.0 Å². The van der Waals surface area contributed by atoms with Gasteiger partial charge in [-0.05, 0) is 31.5 Å². The Labute approximate surface area is 213 Å². The molecule has 1 N–H and O–H groups in total. The van der Waals surface area contributed by atoms with E-state index in [1.807, 2.05) is 16.7 Å². The maximum absolute atomic E-state index is 5.49. The lowest BCUT2D eigenvalue weighted by Crippen LogP contribution is -2.52.